The van der Waals surface area contributed by atoms with Gasteiger partial charge in [-0.1, -0.05) is 30.3 Å². The van der Waals surface area contributed by atoms with E-state index in [1.807, 2.05) is 0 Å². The Morgan fingerprint density at radius 1 is 1.05 bits per heavy atom. The molecule has 0 saturated carbocycles. The van der Waals surface area contributed by atoms with Gasteiger partial charge >= 0.3 is 0 Å². The van der Waals surface area contributed by atoms with Gasteiger partial charge in [-0.05, 0) is 54.7 Å². The topological polar surface area (TPSA) is 41.3 Å². The first-order valence-electron chi connectivity index (χ1n) is 7.31. The Hall–Kier alpha value is -1.84. The number of nitrogens with zero attached hydrogens (tertiary/aromatic N) is 1. The van der Waals surface area contributed by atoms with Gasteiger partial charge in [0.05, 0.1) is 6.04 Å². The van der Waals surface area contributed by atoms with Crippen LogP contribution < -0.4 is 16.2 Å². The number of nitrogens with two attached hydrogens (primary N) is 1. The number of hydrogen-bond acceptors (Lipinski definition) is 3. The van der Waals surface area contributed by atoms with Gasteiger partial charge in [0, 0.05) is 19.8 Å². The number of anilines is 1. The second kappa shape index (κ2) is 6.74. The van der Waals surface area contributed by atoms with Crippen molar-refractivity contribution in [1.82, 2.24) is 5.43 Å². The summed E-state index contributed by atoms with van der Waals surface area (Å²) in [4.78, 5) is 2.11. The summed E-state index contributed by atoms with van der Waals surface area (Å²) in [5, 5.41) is 0. The minimum Gasteiger partial charge on any atom is -0.378 e. The molecule has 0 aliphatic carbocycles. The Bertz CT molecular complexity index is 585. The first-order chi connectivity index (χ1) is 10.0. The first kappa shape index (κ1) is 15.5. The smallest absolute Gasteiger partial charge is 0.0501 e. The van der Waals surface area contributed by atoms with Gasteiger partial charge in [0.25, 0.3) is 0 Å². The molecule has 2 aromatic rings. The van der Waals surface area contributed by atoms with E-state index in [9.17, 15) is 0 Å². The lowest BCUT2D eigenvalue weighted by atomic mass is 9.93. The first-order valence-corrected chi connectivity index (χ1v) is 7.31. The maximum absolute atomic E-state index is 5.82. The second-order valence-corrected chi connectivity index (χ2v) is 5.78. The molecule has 0 fully saturated rings. The van der Waals surface area contributed by atoms with E-state index in [1.165, 1.54) is 27.9 Å². The number of aryl methyl sites for hydroxylation is 2. The molecule has 2 aromatic carbocycles. The third kappa shape index (κ3) is 3.63. The quantitative estimate of drug-likeness (QED) is 0.654. The van der Waals surface area contributed by atoms with E-state index in [2.05, 4.69) is 80.7 Å². The van der Waals surface area contributed by atoms with Crippen LogP contribution in [0.15, 0.2) is 42.5 Å². The average molecular weight is 283 g/mol. The number of hydrazine groups is 1. The normalized spacial score (nSPS) is 12.2. The van der Waals surface area contributed by atoms with Gasteiger partial charge in [-0.3, -0.25) is 11.3 Å². The monoisotopic (exact) mass is 283 g/mol. The van der Waals surface area contributed by atoms with Crippen LogP contribution in [0.25, 0.3) is 0 Å². The number of nitrogens with one attached hydrogen (secondary N) is 1. The molecule has 21 heavy (non-hydrogen) atoms. The molecule has 3 N–H and O–H groups in total. The van der Waals surface area contributed by atoms with Gasteiger partial charge in [-0.25, -0.2) is 0 Å². The highest BCUT2D eigenvalue weighted by Gasteiger charge is 2.14. The van der Waals surface area contributed by atoms with E-state index in [0.29, 0.717) is 0 Å². The van der Waals surface area contributed by atoms with Crippen LogP contribution >= 0.6 is 0 Å². The zero-order valence-corrected chi connectivity index (χ0v) is 13.4. The molecule has 0 amide bonds. The lowest BCUT2D eigenvalue weighted by Crippen LogP contribution is -2.30. The third-order valence-corrected chi connectivity index (χ3v) is 4.04. The molecule has 0 bridgehead atoms. The molecule has 112 valence electrons. The molecule has 2 rings (SSSR count). The molecule has 0 radical (unpaired) electrons. The Labute approximate surface area is 127 Å². The summed E-state index contributed by atoms with van der Waals surface area (Å²) in [6, 6.07) is 15.0. The summed E-state index contributed by atoms with van der Waals surface area (Å²) >= 11 is 0. The predicted octanol–water partition coefficient (Wildman–Crippen LogP) is 3.12. The highest BCUT2D eigenvalue weighted by molar-refractivity contribution is 5.48. The van der Waals surface area contributed by atoms with Crippen LogP contribution in [0, 0.1) is 13.8 Å². The summed E-state index contributed by atoms with van der Waals surface area (Å²) in [6.45, 7) is 4.32. The van der Waals surface area contributed by atoms with Crippen LogP contribution in [0.2, 0.25) is 0 Å². The molecule has 0 aromatic heterocycles. The number of benzene rings is 2. The third-order valence-electron chi connectivity index (χ3n) is 4.04. The highest BCUT2D eigenvalue weighted by atomic mass is 15.2. The summed E-state index contributed by atoms with van der Waals surface area (Å²) in [5.41, 5.74) is 9.38. The van der Waals surface area contributed by atoms with Crippen molar-refractivity contribution in [1.29, 1.82) is 0 Å². The summed E-state index contributed by atoms with van der Waals surface area (Å²) in [6.07, 6.45) is 0.895. The van der Waals surface area contributed by atoms with Crippen LogP contribution in [0.4, 0.5) is 5.69 Å². The number of hydrogen-bond donors (Lipinski definition) is 2. The lowest BCUT2D eigenvalue weighted by molar-refractivity contribution is 0.549. The Morgan fingerprint density at radius 2 is 1.67 bits per heavy atom. The largest absolute Gasteiger partial charge is 0.378 e. The molecule has 0 spiro atoms. The maximum Gasteiger partial charge on any atom is 0.0501 e. The van der Waals surface area contributed by atoms with Crippen molar-refractivity contribution in [2.24, 2.45) is 5.84 Å². The van der Waals surface area contributed by atoms with Crippen LogP contribution in [0.1, 0.15) is 28.3 Å². The predicted molar refractivity (Wildman–Crippen MR) is 90.5 cm³/mol. The molecular weight excluding hydrogens is 258 g/mol. The van der Waals surface area contributed by atoms with E-state index in [0.717, 1.165) is 6.42 Å². The molecule has 0 aliphatic rings. The van der Waals surface area contributed by atoms with Crippen molar-refractivity contribution in [3.63, 3.8) is 0 Å². The summed E-state index contributed by atoms with van der Waals surface area (Å²) in [5.74, 6) is 5.82. The van der Waals surface area contributed by atoms with Gasteiger partial charge in [0.2, 0.25) is 0 Å². The van der Waals surface area contributed by atoms with Crippen molar-refractivity contribution in [2.75, 3.05) is 19.0 Å². The van der Waals surface area contributed by atoms with Crippen molar-refractivity contribution < 1.29 is 0 Å². The van der Waals surface area contributed by atoms with Gasteiger partial charge in [-0.15, -0.1) is 0 Å². The van der Waals surface area contributed by atoms with E-state index < -0.39 is 0 Å². The minimum absolute atomic E-state index is 0.115. The fraction of sp³-hybridized carbons (Fsp3) is 0.333. The van der Waals surface area contributed by atoms with Crippen molar-refractivity contribution in [3.05, 3.63) is 64.7 Å². The Morgan fingerprint density at radius 3 is 2.24 bits per heavy atom. The minimum atomic E-state index is 0.115. The van der Waals surface area contributed by atoms with Gasteiger partial charge in [0.15, 0.2) is 0 Å². The van der Waals surface area contributed by atoms with E-state index in [-0.39, 0.29) is 6.04 Å². The Balaban J connectivity index is 2.30. The van der Waals surface area contributed by atoms with E-state index >= 15 is 0 Å². The van der Waals surface area contributed by atoms with E-state index in [1.54, 1.807) is 0 Å². The zero-order valence-electron chi connectivity index (χ0n) is 13.4. The highest BCUT2D eigenvalue weighted by Crippen LogP contribution is 2.25. The molecule has 1 unspecified atom stereocenters. The fourth-order valence-electron chi connectivity index (χ4n) is 2.67. The molecule has 1 atom stereocenters. The lowest BCUT2D eigenvalue weighted by Gasteiger charge is -2.21. The van der Waals surface area contributed by atoms with Crippen LogP contribution in [-0.2, 0) is 6.42 Å². The number of rotatable bonds is 5. The van der Waals surface area contributed by atoms with Crippen LogP contribution in [0.5, 0.6) is 0 Å². The summed E-state index contributed by atoms with van der Waals surface area (Å²) in [7, 11) is 4.10. The van der Waals surface area contributed by atoms with Crippen molar-refractivity contribution >= 4 is 5.69 Å². The van der Waals surface area contributed by atoms with Crippen molar-refractivity contribution in [3.8, 4) is 0 Å². The second-order valence-electron chi connectivity index (χ2n) is 5.78. The van der Waals surface area contributed by atoms with Crippen LogP contribution in [0.3, 0.4) is 0 Å². The molecule has 3 heteroatoms. The molecule has 0 heterocycles. The Kier molecular flexibility index (Phi) is 4.99. The molecule has 3 nitrogen and oxygen atoms in total. The van der Waals surface area contributed by atoms with E-state index in [4.69, 9.17) is 5.84 Å². The fourth-order valence-corrected chi connectivity index (χ4v) is 2.67. The zero-order chi connectivity index (χ0) is 15.4. The SMILES string of the molecule is Cc1cccc(C)c1CC(NN)c1cccc(N(C)C)c1. The van der Waals surface area contributed by atoms with Crippen molar-refractivity contribution in [2.45, 2.75) is 26.3 Å². The van der Waals surface area contributed by atoms with Gasteiger partial charge in [0.1, 0.15) is 0 Å². The van der Waals surface area contributed by atoms with Gasteiger partial charge < -0.3 is 4.90 Å². The maximum atomic E-state index is 5.82. The standard InChI is InChI=1S/C18H25N3/c1-13-7-5-8-14(2)17(13)12-18(20-19)15-9-6-10-16(11-15)21(3)4/h5-11,18,20H,12,19H2,1-4H3. The average Bonchev–Trinajstić information content (AvgIpc) is 2.47. The molecule has 0 saturated heterocycles. The molecule has 0 aliphatic heterocycles. The molecular formula is C18H25N3. The van der Waals surface area contributed by atoms with Crippen LogP contribution in [-0.4, -0.2) is 14.1 Å². The summed E-state index contributed by atoms with van der Waals surface area (Å²) < 4.78 is 0. The van der Waals surface area contributed by atoms with Gasteiger partial charge in [-0.2, -0.15) is 0 Å².